The standard InChI is InChI=1S/C28H42N4O4/c1-16(2)22(14-18(5)27(35)36)32(9)26(34)23(17(3)4)31-25(33)24(29-8)28(6,7)20-15-30-21-13-11-10-12-19(20)21/h10-17,22-24,29-30H,1-9H3,(H,31,33)(H,35,36)/t22-,23+,24-/m1/s1. The molecule has 0 aliphatic carbocycles. The number of nitrogens with one attached hydrogen (secondary N) is 3. The molecule has 8 heteroatoms. The molecule has 36 heavy (non-hydrogen) atoms. The molecule has 0 bridgehead atoms. The van der Waals surface area contributed by atoms with Crippen LogP contribution in [0, 0.1) is 11.8 Å². The minimum Gasteiger partial charge on any atom is -0.478 e. The molecule has 3 atom stereocenters. The van der Waals surface area contributed by atoms with Crippen LogP contribution in [-0.4, -0.2) is 65.0 Å². The van der Waals surface area contributed by atoms with Crippen molar-refractivity contribution < 1.29 is 19.5 Å². The number of carbonyl (C=O) groups is 3. The van der Waals surface area contributed by atoms with Crippen LogP contribution in [0.5, 0.6) is 0 Å². The van der Waals surface area contributed by atoms with Crippen LogP contribution in [-0.2, 0) is 19.8 Å². The van der Waals surface area contributed by atoms with E-state index in [4.69, 9.17) is 0 Å². The summed E-state index contributed by atoms with van der Waals surface area (Å²) in [5.74, 6) is -1.73. The van der Waals surface area contributed by atoms with Gasteiger partial charge >= 0.3 is 5.97 Å². The molecule has 0 aliphatic heterocycles. The first-order chi connectivity index (χ1) is 16.7. The molecule has 0 fully saturated rings. The predicted molar refractivity (Wildman–Crippen MR) is 144 cm³/mol. The highest BCUT2D eigenvalue weighted by Gasteiger charge is 2.40. The van der Waals surface area contributed by atoms with Gasteiger partial charge in [0.2, 0.25) is 11.8 Å². The lowest BCUT2D eigenvalue weighted by molar-refractivity contribution is -0.139. The van der Waals surface area contributed by atoms with Crippen LogP contribution in [0.15, 0.2) is 42.1 Å². The normalized spacial score (nSPS) is 15.1. The second-order valence-electron chi connectivity index (χ2n) is 10.8. The predicted octanol–water partition coefficient (Wildman–Crippen LogP) is 3.69. The summed E-state index contributed by atoms with van der Waals surface area (Å²) in [6, 6.07) is 6.17. The number of carboxylic acid groups (broad SMARTS) is 1. The van der Waals surface area contributed by atoms with Gasteiger partial charge in [0, 0.05) is 35.1 Å². The number of aromatic amines is 1. The van der Waals surface area contributed by atoms with E-state index in [1.165, 1.54) is 6.92 Å². The van der Waals surface area contributed by atoms with Gasteiger partial charge in [0.1, 0.15) is 6.04 Å². The molecular weight excluding hydrogens is 456 g/mol. The van der Waals surface area contributed by atoms with Crippen LogP contribution in [0.1, 0.15) is 54.0 Å². The van der Waals surface area contributed by atoms with E-state index in [0.717, 1.165) is 16.5 Å². The Morgan fingerprint density at radius 2 is 1.69 bits per heavy atom. The van der Waals surface area contributed by atoms with Gasteiger partial charge in [0.25, 0.3) is 0 Å². The SMILES string of the molecule is CN[C@H](C(=O)N[C@H](C(=O)N(C)[C@H](C=C(C)C(=O)O)C(C)C)C(C)C)C(C)(C)c1c[nH]c2ccccc12. The number of hydrogen-bond acceptors (Lipinski definition) is 4. The van der Waals surface area contributed by atoms with Gasteiger partial charge in [-0.05, 0) is 37.4 Å². The highest BCUT2D eigenvalue weighted by molar-refractivity contribution is 5.92. The highest BCUT2D eigenvalue weighted by atomic mass is 16.4. The lowest BCUT2D eigenvalue weighted by Crippen LogP contribution is -2.59. The van der Waals surface area contributed by atoms with E-state index in [1.807, 2.05) is 72.0 Å². The first kappa shape index (κ1) is 29.1. The molecule has 198 valence electrons. The molecule has 1 heterocycles. The number of aromatic nitrogens is 1. The molecule has 0 spiro atoms. The fraction of sp³-hybridized carbons (Fsp3) is 0.536. The summed E-state index contributed by atoms with van der Waals surface area (Å²) < 4.78 is 0. The van der Waals surface area contributed by atoms with Gasteiger partial charge in [-0.1, -0.05) is 65.8 Å². The Bertz CT molecular complexity index is 1120. The fourth-order valence-corrected chi connectivity index (χ4v) is 4.78. The minimum atomic E-state index is -1.02. The largest absolute Gasteiger partial charge is 0.478 e. The van der Waals surface area contributed by atoms with E-state index in [0.29, 0.717) is 0 Å². The second kappa shape index (κ2) is 11.7. The molecule has 1 aromatic heterocycles. The summed E-state index contributed by atoms with van der Waals surface area (Å²) in [6.45, 7) is 13.2. The summed E-state index contributed by atoms with van der Waals surface area (Å²) in [4.78, 5) is 43.4. The zero-order chi connectivity index (χ0) is 27.4. The quantitative estimate of drug-likeness (QED) is 0.353. The molecule has 1 aromatic carbocycles. The zero-order valence-electron chi connectivity index (χ0n) is 23.0. The molecule has 0 saturated carbocycles. The van der Waals surface area contributed by atoms with Crippen molar-refractivity contribution in [2.75, 3.05) is 14.1 Å². The van der Waals surface area contributed by atoms with Crippen LogP contribution in [0.4, 0.5) is 0 Å². The summed E-state index contributed by atoms with van der Waals surface area (Å²) in [6.07, 6.45) is 3.53. The summed E-state index contributed by atoms with van der Waals surface area (Å²) in [5.41, 5.74) is 1.59. The van der Waals surface area contributed by atoms with Crippen LogP contribution in [0.3, 0.4) is 0 Å². The molecule has 2 aromatic rings. The number of benzene rings is 1. The molecule has 0 saturated heterocycles. The van der Waals surface area contributed by atoms with E-state index in [9.17, 15) is 19.5 Å². The van der Waals surface area contributed by atoms with Crippen LogP contribution in [0.2, 0.25) is 0 Å². The Morgan fingerprint density at radius 3 is 2.22 bits per heavy atom. The van der Waals surface area contributed by atoms with Gasteiger partial charge in [-0.25, -0.2) is 4.79 Å². The number of likely N-dealkylation sites (N-methyl/N-ethyl adjacent to an activating group) is 2. The summed E-state index contributed by atoms with van der Waals surface area (Å²) in [7, 11) is 3.40. The summed E-state index contributed by atoms with van der Waals surface area (Å²) >= 11 is 0. The van der Waals surface area contributed by atoms with Gasteiger partial charge in [0.15, 0.2) is 0 Å². The lowest BCUT2D eigenvalue weighted by atomic mass is 9.77. The Labute approximate surface area is 214 Å². The van der Waals surface area contributed by atoms with E-state index in [1.54, 1.807) is 25.1 Å². The molecule has 2 amide bonds. The van der Waals surface area contributed by atoms with Crippen molar-refractivity contribution in [2.45, 2.75) is 72.0 Å². The van der Waals surface area contributed by atoms with Gasteiger partial charge in [0.05, 0.1) is 12.1 Å². The number of nitrogens with zero attached hydrogens (tertiary/aromatic N) is 1. The third-order valence-electron chi connectivity index (χ3n) is 7.02. The van der Waals surface area contributed by atoms with Crippen molar-refractivity contribution in [1.29, 1.82) is 0 Å². The van der Waals surface area contributed by atoms with Crippen molar-refractivity contribution >= 4 is 28.7 Å². The Balaban J connectivity index is 2.34. The molecule has 0 radical (unpaired) electrons. The van der Waals surface area contributed by atoms with E-state index in [-0.39, 0.29) is 29.2 Å². The smallest absolute Gasteiger partial charge is 0.331 e. The van der Waals surface area contributed by atoms with E-state index < -0.39 is 29.5 Å². The van der Waals surface area contributed by atoms with Crippen molar-refractivity contribution in [3.63, 3.8) is 0 Å². The molecular formula is C28H42N4O4. The highest BCUT2D eigenvalue weighted by Crippen LogP contribution is 2.33. The van der Waals surface area contributed by atoms with Gasteiger partial charge < -0.3 is 25.6 Å². The molecule has 2 rings (SSSR count). The molecule has 0 aliphatic rings. The third-order valence-corrected chi connectivity index (χ3v) is 7.02. The van der Waals surface area contributed by atoms with Crippen molar-refractivity contribution in [1.82, 2.24) is 20.5 Å². The first-order valence-corrected chi connectivity index (χ1v) is 12.5. The number of para-hydroxylation sites is 1. The summed E-state index contributed by atoms with van der Waals surface area (Å²) in [5, 5.41) is 16.5. The minimum absolute atomic E-state index is 0.0115. The van der Waals surface area contributed by atoms with Crippen LogP contribution in [0.25, 0.3) is 10.9 Å². The number of H-pyrrole nitrogens is 1. The first-order valence-electron chi connectivity index (χ1n) is 12.5. The Hall–Kier alpha value is -3.13. The number of carbonyl (C=O) groups excluding carboxylic acids is 2. The molecule has 0 unspecified atom stereocenters. The maximum Gasteiger partial charge on any atom is 0.331 e. The number of rotatable bonds is 11. The molecule has 4 N–H and O–H groups in total. The maximum absolute atomic E-state index is 13.6. The maximum atomic E-state index is 13.6. The average molecular weight is 499 g/mol. The monoisotopic (exact) mass is 498 g/mol. The number of fused-ring (bicyclic) bond motifs is 1. The lowest BCUT2D eigenvalue weighted by Gasteiger charge is -2.37. The molecule has 8 nitrogen and oxygen atoms in total. The topological polar surface area (TPSA) is 115 Å². The Kier molecular flexibility index (Phi) is 9.49. The number of hydrogen-bond donors (Lipinski definition) is 4. The number of amides is 2. The van der Waals surface area contributed by atoms with Crippen molar-refractivity contribution in [3.05, 3.63) is 47.7 Å². The van der Waals surface area contributed by atoms with E-state index >= 15 is 0 Å². The van der Waals surface area contributed by atoms with Crippen LogP contribution >= 0.6 is 0 Å². The van der Waals surface area contributed by atoms with Crippen LogP contribution < -0.4 is 10.6 Å². The van der Waals surface area contributed by atoms with Crippen molar-refractivity contribution in [3.8, 4) is 0 Å². The second-order valence-corrected chi connectivity index (χ2v) is 10.8. The van der Waals surface area contributed by atoms with Gasteiger partial charge in [-0.2, -0.15) is 0 Å². The number of carboxylic acids is 1. The van der Waals surface area contributed by atoms with Crippen molar-refractivity contribution in [2.24, 2.45) is 11.8 Å². The Morgan fingerprint density at radius 1 is 1.08 bits per heavy atom. The average Bonchev–Trinajstić information content (AvgIpc) is 3.24. The third kappa shape index (κ3) is 6.16. The van der Waals surface area contributed by atoms with E-state index in [2.05, 4.69) is 15.6 Å². The number of aliphatic carboxylic acids is 1. The fourth-order valence-electron chi connectivity index (χ4n) is 4.78. The zero-order valence-corrected chi connectivity index (χ0v) is 23.0. The van der Waals surface area contributed by atoms with Gasteiger partial charge in [-0.15, -0.1) is 0 Å². The van der Waals surface area contributed by atoms with Gasteiger partial charge in [-0.3, -0.25) is 9.59 Å².